The van der Waals surface area contributed by atoms with Crippen LogP contribution in [0, 0.1) is 10.1 Å². The van der Waals surface area contributed by atoms with Gasteiger partial charge in [-0.25, -0.2) is 8.42 Å². The van der Waals surface area contributed by atoms with E-state index in [9.17, 15) is 18.5 Å². The fraction of sp³-hybridized carbons (Fsp3) is 0.250. The largest absolute Gasteiger partial charge is 0.383 e. The molecule has 0 radical (unpaired) electrons. The molecule has 15 heavy (non-hydrogen) atoms. The Morgan fingerprint density at radius 2 is 2.00 bits per heavy atom. The summed E-state index contributed by atoms with van der Waals surface area (Å²) >= 11 is 0. The molecule has 1 aromatic rings. The number of nitro benzene ring substituents is 1. The molecule has 1 aromatic carbocycles. The van der Waals surface area contributed by atoms with E-state index in [0.29, 0.717) is 0 Å². The first kappa shape index (κ1) is 11.4. The monoisotopic (exact) mass is 230 g/mol. The molecule has 0 saturated carbocycles. The zero-order valence-corrected chi connectivity index (χ0v) is 9.04. The number of benzene rings is 1. The van der Waals surface area contributed by atoms with Crippen LogP contribution in [0.2, 0.25) is 0 Å². The Labute approximate surface area is 87.0 Å². The summed E-state index contributed by atoms with van der Waals surface area (Å²) in [6.45, 7) is 0. The predicted octanol–water partition coefficient (Wildman–Crippen LogP) is 1.04. The molecule has 0 aliphatic rings. The highest BCUT2D eigenvalue weighted by Crippen LogP contribution is 2.31. The molecule has 0 fully saturated rings. The van der Waals surface area contributed by atoms with Crippen molar-refractivity contribution in [1.82, 2.24) is 0 Å². The second kappa shape index (κ2) is 3.85. The minimum atomic E-state index is -3.59. The average molecular weight is 230 g/mol. The maximum atomic E-state index is 11.3. The van der Waals surface area contributed by atoms with E-state index < -0.39 is 20.4 Å². The average Bonchev–Trinajstić information content (AvgIpc) is 2.15. The molecule has 0 unspecified atom stereocenters. The van der Waals surface area contributed by atoms with Crippen molar-refractivity contribution >= 4 is 21.2 Å². The van der Waals surface area contributed by atoms with Gasteiger partial charge in [0.1, 0.15) is 10.6 Å². The first-order valence-corrected chi connectivity index (χ1v) is 5.92. The van der Waals surface area contributed by atoms with E-state index in [0.717, 1.165) is 6.26 Å². The number of rotatable bonds is 3. The molecule has 0 aliphatic carbocycles. The van der Waals surface area contributed by atoms with Crippen LogP contribution in [-0.2, 0) is 9.84 Å². The molecule has 1 rings (SSSR count). The lowest BCUT2D eigenvalue weighted by molar-refractivity contribution is -0.386. The Morgan fingerprint density at radius 3 is 2.40 bits per heavy atom. The number of para-hydroxylation sites is 1. The van der Waals surface area contributed by atoms with Crippen molar-refractivity contribution in [1.29, 1.82) is 0 Å². The van der Waals surface area contributed by atoms with Crippen LogP contribution in [0.4, 0.5) is 11.4 Å². The molecular formula is C8H10N2O4S. The van der Waals surface area contributed by atoms with E-state index in [1.54, 1.807) is 0 Å². The highest BCUT2D eigenvalue weighted by molar-refractivity contribution is 7.90. The van der Waals surface area contributed by atoms with Gasteiger partial charge in [-0.1, -0.05) is 6.07 Å². The Balaban J connectivity index is 3.60. The molecular weight excluding hydrogens is 220 g/mol. The van der Waals surface area contributed by atoms with Crippen molar-refractivity contribution in [2.24, 2.45) is 0 Å². The number of sulfone groups is 1. The third kappa shape index (κ3) is 2.24. The van der Waals surface area contributed by atoms with E-state index in [-0.39, 0.29) is 10.6 Å². The summed E-state index contributed by atoms with van der Waals surface area (Å²) in [6, 6.07) is 4.12. The number of anilines is 1. The van der Waals surface area contributed by atoms with Crippen LogP contribution in [0.3, 0.4) is 0 Å². The van der Waals surface area contributed by atoms with Crippen molar-refractivity contribution in [2.75, 3.05) is 18.6 Å². The fourth-order valence-corrected chi connectivity index (χ4v) is 2.07. The van der Waals surface area contributed by atoms with Crippen LogP contribution < -0.4 is 5.32 Å². The normalized spacial score (nSPS) is 11.1. The van der Waals surface area contributed by atoms with Crippen molar-refractivity contribution < 1.29 is 13.3 Å². The summed E-state index contributed by atoms with van der Waals surface area (Å²) in [4.78, 5) is 9.76. The quantitative estimate of drug-likeness (QED) is 0.619. The van der Waals surface area contributed by atoms with Gasteiger partial charge in [-0.3, -0.25) is 10.1 Å². The van der Waals surface area contributed by atoms with Crippen molar-refractivity contribution in [3.63, 3.8) is 0 Å². The van der Waals surface area contributed by atoms with Gasteiger partial charge >= 0.3 is 5.69 Å². The molecule has 0 atom stereocenters. The summed E-state index contributed by atoms with van der Waals surface area (Å²) in [5, 5.41) is 13.3. The molecule has 0 aromatic heterocycles. The molecule has 0 spiro atoms. The Bertz CT molecular complexity index is 495. The van der Waals surface area contributed by atoms with Crippen LogP contribution in [0.5, 0.6) is 0 Å². The summed E-state index contributed by atoms with van der Waals surface area (Å²) in [7, 11) is -2.10. The summed E-state index contributed by atoms with van der Waals surface area (Å²) in [5.41, 5.74) is -0.231. The lowest BCUT2D eigenvalue weighted by atomic mass is 10.3. The van der Waals surface area contributed by atoms with Gasteiger partial charge < -0.3 is 5.32 Å². The Hall–Kier alpha value is -1.63. The Morgan fingerprint density at radius 1 is 1.40 bits per heavy atom. The topological polar surface area (TPSA) is 89.3 Å². The van der Waals surface area contributed by atoms with Gasteiger partial charge in [0.2, 0.25) is 0 Å². The molecule has 0 bridgehead atoms. The molecule has 82 valence electrons. The zero-order valence-electron chi connectivity index (χ0n) is 8.22. The lowest BCUT2D eigenvalue weighted by Gasteiger charge is -2.05. The number of nitrogens with zero attached hydrogens (tertiary/aromatic N) is 1. The summed E-state index contributed by atoms with van der Waals surface area (Å²) in [5.74, 6) is 0. The van der Waals surface area contributed by atoms with Gasteiger partial charge in [-0.15, -0.1) is 0 Å². The molecule has 0 heterocycles. The van der Waals surface area contributed by atoms with Crippen LogP contribution in [0.25, 0.3) is 0 Å². The molecule has 6 nitrogen and oxygen atoms in total. The van der Waals surface area contributed by atoms with E-state index >= 15 is 0 Å². The molecule has 0 aliphatic heterocycles. The van der Waals surface area contributed by atoms with Gasteiger partial charge in [-0.2, -0.15) is 0 Å². The van der Waals surface area contributed by atoms with Crippen LogP contribution in [0.15, 0.2) is 23.1 Å². The number of nitro groups is 1. The van der Waals surface area contributed by atoms with Crippen LogP contribution in [-0.4, -0.2) is 26.6 Å². The SMILES string of the molecule is CNc1cccc(S(C)(=O)=O)c1[N+](=O)[O-]. The molecule has 0 saturated heterocycles. The third-order valence-electron chi connectivity index (χ3n) is 1.85. The number of hydrogen-bond donors (Lipinski definition) is 1. The highest BCUT2D eigenvalue weighted by atomic mass is 32.2. The number of nitrogens with one attached hydrogen (secondary N) is 1. The van der Waals surface area contributed by atoms with Crippen LogP contribution in [0.1, 0.15) is 0 Å². The van der Waals surface area contributed by atoms with Crippen molar-refractivity contribution in [3.05, 3.63) is 28.3 Å². The minimum Gasteiger partial charge on any atom is -0.383 e. The maximum absolute atomic E-state index is 11.3. The van der Waals surface area contributed by atoms with Gasteiger partial charge in [0, 0.05) is 13.3 Å². The summed E-state index contributed by atoms with van der Waals surface area (Å²) < 4.78 is 22.6. The van der Waals surface area contributed by atoms with E-state index in [1.807, 2.05) is 0 Å². The van der Waals surface area contributed by atoms with E-state index in [1.165, 1.54) is 25.2 Å². The van der Waals surface area contributed by atoms with Crippen molar-refractivity contribution in [2.45, 2.75) is 4.90 Å². The first-order valence-electron chi connectivity index (χ1n) is 4.03. The minimum absolute atomic E-state index is 0.183. The van der Waals surface area contributed by atoms with E-state index in [2.05, 4.69) is 5.32 Å². The van der Waals surface area contributed by atoms with Gasteiger partial charge in [0.15, 0.2) is 9.84 Å². The van der Waals surface area contributed by atoms with Crippen LogP contribution >= 0.6 is 0 Å². The molecule has 1 N–H and O–H groups in total. The Kier molecular flexibility index (Phi) is 2.94. The standard InChI is InChI=1S/C8H10N2O4S/c1-9-6-4-3-5-7(15(2,13)14)8(6)10(11)12/h3-5,9H,1-2H3. The first-order chi connectivity index (χ1) is 6.88. The highest BCUT2D eigenvalue weighted by Gasteiger charge is 2.25. The predicted molar refractivity (Wildman–Crippen MR) is 55.8 cm³/mol. The third-order valence-corrected chi connectivity index (χ3v) is 2.98. The van der Waals surface area contributed by atoms with Crippen molar-refractivity contribution in [3.8, 4) is 0 Å². The molecule has 0 amide bonds. The molecule has 7 heteroatoms. The second-order valence-corrected chi connectivity index (χ2v) is 4.92. The summed E-state index contributed by atoms with van der Waals surface area (Å²) in [6.07, 6.45) is 0.939. The second-order valence-electron chi connectivity index (χ2n) is 2.93. The van der Waals surface area contributed by atoms with Gasteiger partial charge in [-0.05, 0) is 12.1 Å². The maximum Gasteiger partial charge on any atom is 0.310 e. The van der Waals surface area contributed by atoms with Gasteiger partial charge in [0.25, 0.3) is 0 Å². The van der Waals surface area contributed by atoms with E-state index in [4.69, 9.17) is 0 Å². The number of hydrogen-bond acceptors (Lipinski definition) is 5. The van der Waals surface area contributed by atoms with Gasteiger partial charge in [0.05, 0.1) is 4.92 Å². The lowest BCUT2D eigenvalue weighted by Crippen LogP contribution is -2.05. The fourth-order valence-electron chi connectivity index (χ4n) is 1.21. The zero-order chi connectivity index (χ0) is 11.6. The smallest absolute Gasteiger partial charge is 0.310 e.